The molecule has 0 aliphatic carbocycles. The van der Waals surface area contributed by atoms with Crippen molar-refractivity contribution >= 4 is 5.69 Å². The second-order valence-corrected chi connectivity index (χ2v) is 4.99. The van der Waals surface area contributed by atoms with Crippen LogP contribution in [0.15, 0.2) is 18.2 Å². The Morgan fingerprint density at radius 1 is 1.44 bits per heavy atom. The number of nitro benzene ring substituents is 1. The number of rotatable bonds is 6. The third-order valence-electron chi connectivity index (χ3n) is 2.88. The van der Waals surface area contributed by atoms with Gasteiger partial charge in [0.25, 0.3) is 5.69 Å². The molecule has 0 aliphatic rings. The van der Waals surface area contributed by atoms with Crippen LogP contribution in [0.5, 0.6) is 0 Å². The minimum absolute atomic E-state index is 0.161. The molecule has 1 N–H and O–H groups in total. The molecule has 1 aromatic carbocycles. The number of methoxy groups -OCH3 is 1. The number of ether oxygens (including phenoxy) is 1. The molecule has 100 valence electrons. The summed E-state index contributed by atoms with van der Waals surface area (Å²) in [4.78, 5) is 10.5. The average molecular weight is 252 g/mol. The normalized spacial score (nSPS) is 11.6. The second-order valence-electron chi connectivity index (χ2n) is 4.99. The fourth-order valence-corrected chi connectivity index (χ4v) is 1.81. The minimum atomic E-state index is -0.348. The third-order valence-corrected chi connectivity index (χ3v) is 2.88. The highest BCUT2D eigenvalue weighted by Gasteiger charge is 2.18. The molecule has 0 amide bonds. The van der Waals surface area contributed by atoms with Gasteiger partial charge in [-0.1, -0.05) is 12.1 Å². The average Bonchev–Trinajstić information content (AvgIpc) is 2.27. The Balaban J connectivity index is 2.80. The first kappa shape index (κ1) is 14.6. The third kappa shape index (κ3) is 3.78. The van der Waals surface area contributed by atoms with Crippen molar-refractivity contribution in [3.05, 3.63) is 39.4 Å². The van der Waals surface area contributed by atoms with Crippen molar-refractivity contribution in [3.63, 3.8) is 0 Å². The lowest BCUT2D eigenvalue weighted by atomic mass is 10.0. The van der Waals surface area contributed by atoms with Crippen LogP contribution < -0.4 is 5.32 Å². The summed E-state index contributed by atoms with van der Waals surface area (Å²) in [5, 5.41) is 14.2. The fourth-order valence-electron chi connectivity index (χ4n) is 1.81. The van der Waals surface area contributed by atoms with Crippen molar-refractivity contribution in [3.8, 4) is 0 Å². The highest BCUT2D eigenvalue weighted by molar-refractivity contribution is 5.44. The van der Waals surface area contributed by atoms with Crippen LogP contribution in [0.4, 0.5) is 5.69 Å². The number of hydrogen-bond acceptors (Lipinski definition) is 4. The zero-order valence-electron chi connectivity index (χ0n) is 11.3. The molecule has 0 saturated heterocycles. The Hall–Kier alpha value is -1.46. The summed E-state index contributed by atoms with van der Waals surface area (Å²) in [6, 6.07) is 5.14. The minimum Gasteiger partial charge on any atom is -0.383 e. The zero-order chi connectivity index (χ0) is 13.8. The molecule has 1 rings (SSSR count). The summed E-state index contributed by atoms with van der Waals surface area (Å²) in [7, 11) is 1.65. The topological polar surface area (TPSA) is 64.4 Å². The van der Waals surface area contributed by atoms with Crippen molar-refractivity contribution in [2.24, 2.45) is 0 Å². The molecule has 18 heavy (non-hydrogen) atoms. The van der Waals surface area contributed by atoms with Gasteiger partial charge >= 0.3 is 0 Å². The maximum atomic E-state index is 10.8. The molecular formula is C13H20N2O3. The van der Waals surface area contributed by atoms with Gasteiger partial charge in [0.1, 0.15) is 0 Å². The van der Waals surface area contributed by atoms with Gasteiger partial charge in [-0.25, -0.2) is 0 Å². The van der Waals surface area contributed by atoms with Gasteiger partial charge in [-0.15, -0.1) is 0 Å². The van der Waals surface area contributed by atoms with Gasteiger partial charge in [0.05, 0.1) is 11.5 Å². The highest BCUT2D eigenvalue weighted by Crippen LogP contribution is 2.21. The summed E-state index contributed by atoms with van der Waals surface area (Å²) >= 11 is 0. The van der Waals surface area contributed by atoms with Crippen LogP contribution in [-0.4, -0.2) is 24.2 Å². The van der Waals surface area contributed by atoms with Crippen molar-refractivity contribution in [1.82, 2.24) is 5.32 Å². The lowest BCUT2D eigenvalue weighted by Crippen LogP contribution is -2.42. The van der Waals surface area contributed by atoms with Gasteiger partial charge < -0.3 is 10.1 Å². The lowest BCUT2D eigenvalue weighted by molar-refractivity contribution is -0.385. The summed E-state index contributed by atoms with van der Waals surface area (Å²) in [5.41, 5.74) is 1.65. The van der Waals surface area contributed by atoms with Crippen molar-refractivity contribution in [2.45, 2.75) is 32.9 Å². The Labute approximate surface area is 107 Å². The molecule has 0 unspecified atom stereocenters. The van der Waals surface area contributed by atoms with Gasteiger partial charge in [-0.3, -0.25) is 10.1 Å². The number of nitrogens with one attached hydrogen (secondary N) is 1. The Morgan fingerprint density at radius 3 is 2.67 bits per heavy atom. The van der Waals surface area contributed by atoms with Gasteiger partial charge in [0, 0.05) is 30.8 Å². The SMILES string of the molecule is COCC(C)(C)NCc1cccc([N+](=O)[O-])c1C. The van der Waals surface area contributed by atoms with Crippen LogP contribution >= 0.6 is 0 Å². The molecule has 1 aromatic rings. The predicted octanol–water partition coefficient (Wildman–Crippen LogP) is 2.42. The van der Waals surface area contributed by atoms with Crippen molar-refractivity contribution < 1.29 is 9.66 Å². The van der Waals surface area contributed by atoms with E-state index in [-0.39, 0.29) is 16.1 Å². The Morgan fingerprint density at radius 2 is 2.11 bits per heavy atom. The van der Waals surface area contributed by atoms with E-state index < -0.39 is 0 Å². The van der Waals surface area contributed by atoms with E-state index in [1.165, 1.54) is 6.07 Å². The maximum absolute atomic E-state index is 10.8. The zero-order valence-corrected chi connectivity index (χ0v) is 11.3. The first-order chi connectivity index (χ1) is 8.37. The molecule has 0 spiro atoms. The molecule has 0 radical (unpaired) electrons. The van der Waals surface area contributed by atoms with Crippen LogP contribution in [0.2, 0.25) is 0 Å². The monoisotopic (exact) mass is 252 g/mol. The summed E-state index contributed by atoms with van der Waals surface area (Å²) in [6.45, 7) is 7.01. The summed E-state index contributed by atoms with van der Waals surface area (Å²) in [6.07, 6.45) is 0. The molecule has 0 atom stereocenters. The standard InChI is InChI=1S/C13H20N2O3/c1-10-11(6-5-7-12(10)15(16)17)8-14-13(2,3)9-18-4/h5-7,14H,8-9H2,1-4H3. The molecule has 0 heterocycles. The second kappa shape index (κ2) is 5.93. The Bertz CT molecular complexity index is 430. The van der Waals surface area contributed by atoms with E-state index in [4.69, 9.17) is 4.74 Å². The number of benzene rings is 1. The van der Waals surface area contributed by atoms with Gasteiger partial charge in [0.2, 0.25) is 0 Å². The smallest absolute Gasteiger partial charge is 0.272 e. The molecule has 0 aromatic heterocycles. The van der Waals surface area contributed by atoms with Crippen LogP contribution in [0.3, 0.4) is 0 Å². The molecule has 5 nitrogen and oxygen atoms in total. The lowest BCUT2D eigenvalue weighted by Gasteiger charge is -2.25. The first-order valence-electron chi connectivity index (χ1n) is 5.84. The fraction of sp³-hybridized carbons (Fsp3) is 0.538. The number of nitrogens with zero attached hydrogens (tertiary/aromatic N) is 1. The predicted molar refractivity (Wildman–Crippen MR) is 70.6 cm³/mol. The summed E-state index contributed by atoms with van der Waals surface area (Å²) < 4.78 is 5.12. The van der Waals surface area contributed by atoms with Gasteiger partial charge in [-0.2, -0.15) is 0 Å². The molecule has 0 saturated carbocycles. The molecule has 0 fully saturated rings. The van der Waals surface area contributed by atoms with E-state index in [2.05, 4.69) is 5.32 Å². The molecular weight excluding hydrogens is 232 g/mol. The molecule has 0 aliphatic heterocycles. The first-order valence-corrected chi connectivity index (χ1v) is 5.84. The van der Waals surface area contributed by atoms with E-state index in [9.17, 15) is 10.1 Å². The van der Waals surface area contributed by atoms with Crippen molar-refractivity contribution in [2.75, 3.05) is 13.7 Å². The van der Waals surface area contributed by atoms with E-state index >= 15 is 0 Å². The van der Waals surface area contributed by atoms with E-state index in [1.807, 2.05) is 19.9 Å². The number of hydrogen-bond donors (Lipinski definition) is 1. The van der Waals surface area contributed by atoms with Gasteiger partial charge in [0.15, 0.2) is 0 Å². The van der Waals surface area contributed by atoms with E-state index in [0.29, 0.717) is 18.7 Å². The van der Waals surface area contributed by atoms with Crippen LogP contribution in [0.25, 0.3) is 0 Å². The van der Waals surface area contributed by atoms with Crippen LogP contribution in [-0.2, 0) is 11.3 Å². The summed E-state index contributed by atoms with van der Waals surface area (Å²) in [5.74, 6) is 0. The van der Waals surface area contributed by atoms with Crippen molar-refractivity contribution in [1.29, 1.82) is 0 Å². The Kier molecular flexibility index (Phi) is 4.81. The number of nitro groups is 1. The maximum Gasteiger partial charge on any atom is 0.272 e. The van der Waals surface area contributed by atoms with Crippen LogP contribution in [0, 0.1) is 17.0 Å². The van der Waals surface area contributed by atoms with Crippen LogP contribution in [0.1, 0.15) is 25.0 Å². The largest absolute Gasteiger partial charge is 0.383 e. The van der Waals surface area contributed by atoms with E-state index in [1.54, 1.807) is 20.1 Å². The van der Waals surface area contributed by atoms with Gasteiger partial charge in [-0.05, 0) is 26.3 Å². The highest BCUT2D eigenvalue weighted by atomic mass is 16.6. The molecule has 5 heteroatoms. The van der Waals surface area contributed by atoms with E-state index in [0.717, 1.165) is 5.56 Å². The molecule has 0 bridgehead atoms. The quantitative estimate of drug-likeness (QED) is 0.623.